The average Bonchev–Trinajstić information content (AvgIpc) is 1.75. The summed E-state index contributed by atoms with van der Waals surface area (Å²) in [5.74, 6) is 0. The van der Waals surface area contributed by atoms with E-state index in [0.29, 0.717) is 16.2 Å². The van der Waals surface area contributed by atoms with E-state index in [9.17, 15) is 0 Å². The van der Waals surface area contributed by atoms with Gasteiger partial charge in [0.15, 0.2) is 0 Å². The van der Waals surface area contributed by atoms with Crippen LogP contribution in [0.1, 0.15) is 54.4 Å². The molecular formula is C13H26O. The van der Waals surface area contributed by atoms with Gasteiger partial charge in [0.25, 0.3) is 0 Å². The minimum Gasteiger partial charge on any atom is -0.380 e. The van der Waals surface area contributed by atoms with Gasteiger partial charge in [0.2, 0.25) is 0 Å². The third-order valence-corrected chi connectivity index (χ3v) is 2.63. The second-order valence-electron chi connectivity index (χ2n) is 7.47. The highest BCUT2D eigenvalue weighted by Gasteiger charge is 2.43. The van der Waals surface area contributed by atoms with Gasteiger partial charge in [-0.3, -0.25) is 0 Å². The van der Waals surface area contributed by atoms with Crippen molar-refractivity contribution in [2.45, 2.75) is 54.4 Å². The lowest BCUT2D eigenvalue weighted by atomic mass is 9.65. The zero-order chi connectivity index (χ0) is 11.0. The zero-order valence-electron chi connectivity index (χ0n) is 10.7. The van der Waals surface area contributed by atoms with Gasteiger partial charge in [-0.05, 0) is 23.7 Å². The van der Waals surface area contributed by atoms with Crippen LogP contribution in [0.3, 0.4) is 0 Å². The lowest BCUT2D eigenvalue weighted by Crippen LogP contribution is -2.47. The Morgan fingerprint density at radius 2 is 1.21 bits per heavy atom. The summed E-state index contributed by atoms with van der Waals surface area (Å²) in [5.41, 5.74) is 1.32. The molecule has 1 aliphatic heterocycles. The molecule has 1 fully saturated rings. The highest BCUT2D eigenvalue weighted by molar-refractivity contribution is 4.92. The van der Waals surface area contributed by atoms with Crippen LogP contribution >= 0.6 is 0 Å². The molecule has 0 amide bonds. The van der Waals surface area contributed by atoms with Crippen molar-refractivity contribution in [3.63, 3.8) is 0 Å². The van der Waals surface area contributed by atoms with Gasteiger partial charge in [-0.2, -0.15) is 0 Å². The zero-order valence-corrected chi connectivity index (χ0v) is 10.7. The van der Waals surface area contributed by atoms with Crippen LogP contribution in [0.25, 0.3) is 0 Å². The van der Waals surface area contributed by atoms with E-state index in [-0.39, 0.29) is 0 Å². The largest absolute Gasteiger partial charge is 0.380 e. The van der Waals surface area contributed by atoms with Gasteiger partial charge < -0.3 is 4.74 Å². The summed E-state index contributed by atoms with van der Waals surface area (Å²) in [4.78, 5) is 0. The van der Waals surface area contributed by atoms with E-state index in [1.54, 1.807) is 0 Å². The van der Waals surface area contributed by atoms with E-state index in [1.165, 1.54) is 12.8 Å². The summed E-state index contributed by atoms with van der Waals surface area (Å²) in [5, 5.41) is 0. The van der Waals surface area contributed by atoms with Gasteiger partial charge in [0, 0.05) is 5.41 Å². The van der Waals surface area contributed by atoms with Crippen molar-refractivity contribution in [2.75, 3.05) is 13.2 Å². The smallest absolute Gasteiger partial charge is 0.0545 e. The Morgan fingerprint density at radius 1 is 0.857 bits per heavy atom. The molecule has 0 radical (unpaired) electrons. The lowest BCUT2D eigenvalue weighted by molar-refractivity contribution is -0.147. The summed E-state index contributed by atoms with van der Waals surface area (Å²) < 4.78 is 5.43. The summed E-state index contributed by atoms with van der Waals surface area (Å²) in [6.07, 6.45) is 2.58. The molecule has 0 aromatic heterocycles. The molecule has 0 spiro atoms. The highest BCUT2D eigenvalue weighted by Crippen LogP contribution is 2.46. The van der Waals surface area contributed by atoms with E-state index in [4.69, 9.17) is 4.74 Å². The first-order chi connectivity index (χ1) is 6.12. The van der Waals surface area contributed by atoms with E-state index in [2.05, 4.69) is 41.5 Å². The van der Waals surface area contributed by atoms with Crippen molar-refractivity contribution in [3.05, 3.63) is 0 Å². The Kier molecular flexibility index (Phi) is 3.02. The second kappa shape index (κ2) is 3.52. The van der Waals surface area contributed by atoms with E-state index >= 15 is 0 Å². The number of rotatable bonds is 2. The first kappa shape index (κ1) is 12.0. The fourth-order valence-corrected chi connectivity index (χ4v) is 2.91. The SMILES string of the molecule is CC(C)(C)CC1(CC(C)(C)C)COC1. The number of ether oxygens (including phenoxy) is 1. The molecule has 0 N–H and O–H groups in total. The molecule has 14 heavy (non-hydrogen) atoms. The van der Waals surface area contributed by atoms with Crippen LogP contribution in [0.4, 0.5) is 0 Å². The van der Waals surface area contributed by atoms with Crippen LogP contribution < -0.4 is 0 Å². The minimum absolute atomic E-state index is 0.426. The highest BCUT2D eigenvalue weighted by atomic mass is 16.5. The van der Waals surface area contributed by atoms with Gasteiger partial charge in [-0.25, -0.2) is 0 Å². The van der Waals surface area contributed by atoms with Gasteiger partial charge in [0.05, 0.1) is 13.2 Å². The van der Waals surface area contributed by atoms with Crippen LogP contribution in [-0.4, -0.2) is 13.2 Å². The standard InChI is InChI=1S/C13H26O/c1-11(2,3)7-13(9-14-10-13)8-12(4,5)6/h7-10H2,1-6H3. The maximum atomic E-state index is 5.43. The Morgan fingerprint density at radius 3 is 1.36 bits per heavy atom. The van der Waals surface area contributed by atoms with Gasteiger partial charge in [-0.1, -0.05) is 41.5 Å². The molecule has 0 saturated carbocycles. The van der Waals surface area contributed by atoms with Crippen LogP contribution in [-0.2, 0) is 4.74 Å². The first-order valence-electron chi connectivity index (χ1n) is 5.70. The Labute approximate surface area is 89.2 Å². The molecule has 1 heteroatoms. The Hall–Kier alpha value is -0.0400. The molecule has 1 rings (SSSR count). The molecule has 0 aliphatic carbocycles. The molecule has 1 heterocycles. The first-order valence-corrected chi connectivity index (χ1v) is 5.70. The molecule has 1 saturated heterocycles. The lowest BCUT2D eigenvalue weighted by Gasteiger charge is -2.48. The maximum Gasteiger partial charge on any atom is 0.0545 e. The summed E-state index contributed by atoms with van der Waals surface area (Å²) in [7, 11) is 0. The van der Waals surface area contributed by atoms with Crippen LogP contribution in [0.5, 0.6) is 0 Å². The normalized spacial score (nSPS) is 21.9. The Bertz CT molecular complexity index is 170. The van der Waals surface area contributed by atoms with E-state index in [1.807, 2.05) is 0 Å². The second-order valence-corrected chi connectivity index (χ2v) is 7.47. The third kappa shape index (κ3) is 3.61. The predicted molar refractivity (Wildman–Crippen MR) is 61.4 cm³/mol. The summed E-state index contributed by atoms with van der Waals surface area (Å²) in [6, 6.07) is 0. The summed E-state index contributed by atoms with van der Waals surface area (Å²) in [6.45, 7) is 15.9. The van der Waals surface area contributed by atoms with Crippen molar-refractivity contribution in [3.8, 4) is 0 Å². The van der Waals surface area contributed by atoms with Crippen LogP contribution in [0.2, 0.25) is 0 Å². The predicted octanol–water partition coefficient (Wildman–Crippen LogP) is 3.88. The van der Waals surface area contributed by atoms with Crippen molar-refractivity contribution in [1.29, 1.82) is 0 Å². The third-order valence-electron chi connectivity index (χ3n) is 2.63. The fourth-order valence-electron chi connectivity index (χ4n) is 2.91. The van der Waals surface area contributed by atoms with E-state index < -0.39 is 0 Å². The van der Waals surface area contributed by atoms with Crippen LogP contribution in [0.15, 0.2) is 0 Å². The molecular weight excluding hydrogens is 172 g/mol. The molecule has 0 unspecified atom stereocenters. The van der Waals surface area contributed by atoms with Crippen molar-refractivity contribution >= 4 is 0 Å². The maximum absolute atomic E-state index is 5.43. The molecule has 0 aromatic carbocycles. The quantitative estimate of drug-likeness (QED) is 0.654. The van der Waals surface area contributed by atoms with Gasteiger partial charge in [0.1, 0.15) is 0 Å². The molecule has 1 aliphatic rings. The van der Waals surface area contributed by atoms with Crippen molar-refractivity contribution in [1.82, 2.24) is 0 Å². The topological polar surface area (TPSA) is 9.23 Å². The van der Waals surface area contributed by atoms with Crippen LogP contribution in [0, 0.1) is 16.2 Å². The molecule has 0 bridgehead atoms. The number of hydrogen-bond donors (Lipinski definition) is 0. The van der Waals surface area contributed by atoms with Gasteiger partial charge >= 0.3 is 0 Å². The molecule has 84 valence electrons. The Balaban J connectivity index is 2.59. The minimum atomic E-state index is 0.426. The van der Waals surface area contributed by atoms with Gasteiger partial charge in [-0.15, -0.1) is 0 Å². The fraction of sp³-hybridized carbons (Fsp3) is 1.00. The van der Waals surface area contributed by atoms with Crippen molar-refractivity contribution < 1.29 is 4.74 Å². The molecule has 0 aromatic rings. The van der Waals surface area contributed by atoms with E-state index in [0.717, 1.165) is 13.2 Å². The number of hydrogen-bond acceptors (Lipinski definition) is 1. The monoisotopic (exact) mass is 198 g/mol. The summed E-state index contributed by atoms with van der Waals surface area (Å²) >= 11 is 0. The average molecular weight is 198 g/mol. The molecule has 0 atom stereocenters. The molecule has 1 nitrogen and oxygen atoms in total. The van der Waals surface area contributed by atoms with Crippen molar-refractivity contribution in [2.24, 2.45) is 16.2 Å².